The highest BCUT2D eigenvalue weighted by Crippen LogP contribution is 2.26. The van der Waals surface area contributed by atoms with Gasteiger partial charge in [-0.15, -0.1) is 0 Å². The van der Waals surface area contributed by atoms with Crippen LogP contribution in [0.5, 0.6) is 0 Å². The van der Waals surface area contributed by atoms with Crippen LogP contribution in [0.25, 0.3) is 0 Å². The van der Waals surface area contributed by atoms with Gasteiger partial charge < -0.3 is 0 Å². The van der Waals surface area contributed by atoms with Gasteiger partial charge in [0.15, 0.2) is 39.3 Å². The Morgan fingerprint density at radius 1 is 0.429 bits per heavy atom. The zero-order chi connectivity index (χ0) is 17.7. The van der Waals surface area contributed by atoms with E-state index >= 15 is 0 Å². The average Bonchev–Trinajstić information content (AvgIpc) is 1.84. The third-order valence-corrected chi connectivity index (χ3v) is 17.4. The molecule has 0 radical (unpaired) electrons. The lowest BCUT2D eigenvalue weighted by atomic mass is 11.8. The Balaban J connectivity index is 6.97. The van der Waals surface area contributed by atoms with Crippen LogP contribution >= 0.6 is 0 Å². The van der Waals surface area contributed by atoms with Crippen LogP contribution in [-0.2, 0) is 49.2 Å². The number of hydrogen-bond donors (Lipinski definition) is 0. The normalized spacial score (nSPS) is 15.5. The van der Waals surface area contributed by atoms with Crippen molar-refractivity contribution in [2.24, 2.45) is 0 Å². The molecule has 0 saturated heterocycles. The van der Waals surface area contributed by atoms with Crippen molar-refractivity contribution in [3.05, 3.63) is 0 Å². The van der Waals surface area contributed by atoms with Crippen molar-refractivity contribution in [1.82, 2.24) is 0 Å². The van der Waals surface area contributed by atoms with E-state index in [-0.39, 0.29) is 25.0 Å². The second kappa shape index (κ2) is 5.43. The largest absolute Gasteiger partial charge is 0.264 e. The molecule has 0 heterocycles. The van der Waals surface area contributed by atoms with Gasteiger partial charge in [0, 0.05) is 25.0 Å². The predicted octanol–water partition coefficient (Wildman–Crippen LogP) is -2.85. The first-order valence-corrected chi connectivity index (χ1v) is 14.1. The molecule has 0 saturated carbocycles. The molecule has 0 fully saturated rings. The molecule has 10 nitrogen and oxygen atoms in total. The molecule has 0 aromatic carbocycles. The SMILES string of the molecule is CS(=O)(=O)C(S(C)(=O)=O)S(=O)(=O)C(S(C)(=O)=O)S(C)(=O)=O. The standard InChI is InChI=1S/C6H14O10S5/c1-17(7,8)5(18(2,9)10)21(15,16)6(19(3,11)12)20(4,13)14/h5-6H,1-4H3. The fourth-order valence-corrected chi connectivity index (χ4v) is 16.9. The van der Waals surface area contributed by atoms with E-state index in [1.54, 1.807) is 0 Å². The molecule has 0 amide bonds. The van der Waals surface area contributed by atoms with Gasteiger partial charge in [0.2, 0.25) is 9.84 Å². The molecule has 21 heavy (non-hydrogen) atoms. The van der Waals surface area contributed by atoms with Crippen molar-refractivity contribution >= 4 is 49.2 Å². The van der Waals surface area contributed by atoms with Gasteiger partial charge in [-0.25, -0.2) is 42.1 Å². The molecule has 0 bridgehead atoms. The van der Waals surface area contributed by atoms with Gasteiger partial charge >= 0.3 is 0 Å². The maximum atomic E-state index is 12.1. The van der Waals surface area contributed by atoms with Gasteiger partial charge in [0.1, 0.15) is 0 Å². The number of sulfone groups is 5. The minimum atomic E-state index is -5.65. The molecule has 15 heteroatoms. The highest BCUT2D eigenvalue weighted by molar-refractivity contribution is 8.32. The Morgan fingerprint density at radius 3 is 0.667 bits per heavy atom. The maximum Gasteiger partial charge on any atom is 0.264 e. The van der Waals surface area contributed by atoms with Crippen LogP contribution in [0, 0.1) is 0 Å². The predicted molar refractivity (Wildman–Crippen MR) is 75.9 cm³/mol. The molecule has 0 spiro atoms. The van der Waals surface area contributed by atoms with Gasteiger partial charge in [-0.2, -0.15) is 0 Å². The molecular formula is C6H14O10S5. The molecule has 0 unspecified atom stereocenters. The Bertz CT molecular complexity index is 791. The summed E-state index contributed by atoms with van der Waals surface area (Å²) in [7, 11) is -25.0. The van der Waals surface area contributed by atoms with Crippen LogP contribution < -0.4 is 0 Å². The van der Waals surface area contributed by atoms with Crippen molar-refractivity contribution in [2.45, 2.75) is 7.83 Å². The fraction of sp³-hybridized carbons (Fsp3) is 1.00. The summed E-state index contributed by atoms with van der Waals surface area (Å²) < 4.78 is 109. The maximum absolute atomic E-state index is 12.1. The molecule has 0 N–H and O–H groups in total. The van der Waals surface area contributed by atoms with Crippen molar-refractivity contribution in [2.75, 3.05) is 25.0 Å². The van der Waals surface area contributed by atoms with Crippen LogP contribution in [0.1, 0.15) is 0 Å². The van der Waals surface area contributed by atoms with Crippen LogP contribution in [0.4, 0.5) is 0 Å². The molecule has 0 aromatic rings. The quantitative estimate of drug-likeness (QED) is 0.447. The van der Waals surface area contributed by atoms with Gasteiger partial charge in [0.25, 0.3) is 7.83 Å². The summed E-state index contributed by atoms with van der Waals surface area (Å²) in [6, 6.07) is 0. The van der Waals surface area contributed by atoms with E-state index in [2.05, 4.69) is 0 Å². The molecule has 0 aromatic heterocycles. The fourth-order valence-electron chi connectivity index (χ4n) is 1.70. The smallest absolute Gasteiger partial charge is 0.227 e. The first kappa shape index (κ1) is 20.8. The minimum Gasteiger partial charge on any atom is -0.227 e. The van der Waals surface area contributed by atoms with Gasteiger partial charge in [-0.05, 0) is 0 Å². The lowest BCUT2D eigenvalue weighted by Crippen LogP contribution is -2.47. The zero-order valence-corrected chi connectivity index (χ0v) is 15.4. The zero-order valence-electron chi connectivity index (χ0n) is 11.3. The van der Waals surface area contributed by atoms with Gasteiger partial charge in [-0.1, -0.05) is 0 Å². The summed E-state index contributed by atoms with van der Waals surface area (Å²) >= 11 is 0. The lowest BCUT2D eigenvalue weighted by molar-refractivity contribution is 0.573. The summed E-state index contributed by atoms with van der Waals surface area (Å²) in [6.45, 7) is 0. The first-order chi connectivity index (χ1) is 8.73. The molecule has 128 valence electrons. The number of rotatable bonds is 6. The van der Waals surface area contributed by atoms with E-state index in [9.17, 15) is 42.1 Å². The van der Waals surface area contributed by atoms with E-state index in [1.807, 2.05) is 0 Å². The van der Waals surface area contributed by atoms with Crippen LogP contribution in [0.3, 0.4) is 0 Å². The first-order valence-electron chi connectivity index (χ1n) is 4.71. The second-order valence-corrected chi connectivity index (χ2v) is 16.9. The molecular weight excluding hydrogens is 392 g/mol. The third-order valence-electron chi connectivity index (χ3n) is 1.93. The summed E-state index contributed by atoms with van der Waals surface area (Å²) in [5.74, 6) is 0. The van der Waals surface area contributed by atoms with E-state index in [1.165, 1.54) is 0 Å². The Labute approximate surface area is 124 Å². The van der Waals surface area contributed by atoms with E-state index < -0.39 is 57.0 Å². The van der Waals surface area contributed by atoms with Crippen molar-refractivity contribution < 1.29 is 42.1 Å². The summed E-state index contributed by atoms with van der Waals surface area (Å²) in [5, 5.41) is 0. The summed E-state index contributed by atoms with van der Waals surface area (Å²) in [4.78, 5) is 0. The molecule has 0 aliphatic heterocycles. The third kappa shape index (κ3) is 4.87. The Kier molecular flexibility index (Phi) is 5.37. The average molecular weight is 407 g/mol. The van der Waals surface area contributed by atoms with E-state index in [4.69, 9.17) is 0 Å². The summed E-state index contributed by atoms with van der Waals surface area (Å²) in [6.07, 6.45) is 0.992. The van der Waals surface area contributed by atoms with Crippen LogP contribution in [0.15, 0.2) is 0 Å². The number of hydrogen-bond acceptors (Lipinski definition) is 10. The molecule has 0 atom stereocenters. The summed E-state index contributed by atoms with van der Waals surface area (Å²) in [5.41, 5.74) is 0. The minimum absolute atomic E-state index is 0.248. The van der Waals surface area contributed by atoms with Crippen molar-refractivity contribution in [3.8, 4) is 0 Å². The van der Waals surface area contributed by atoms with E-state index in [0.29, 0.717) is 0 Å². The topological polar surface area (TPSA) is 171 Å². The van der Waals surface area contributed by atoms with Gasteiger partial charge in [0.05, 0.1) is 0 Å². The van der Waals surface area contributed by atoms with E-state index in [0.717, 1.165) is 0 Å². The van der Waals surface area contributed by atoms with Crippen LogP contribution in [0.2, 0.25) is 0 Å². The van der Waals surface area contributed by atoms with Crippen LogP contribution in [-0.4, -0.2) is 74.9 Å². The second-order valence-electron chi connectivity index (χ2n) is 4.48. The Morgan fingerprint density at radius 2 is 0.571 bits per heavy atom. The van der Waals surface area contributed by atoms with Crippen molar-refractivity contribution in [3.63, 3.8) is 0 Å². The monoisotopic (exact) mass is 406 g/mol. The molecule has 0 aliphatic carbocycles. The molecule has 0 aliphatic rings. The molecule has 0 rings (SSSR count). The highest BCUT2D eigenvalue weighted by atomic mass is 32.4. The lowest BCUT2D eigenvalue weighted by Gasteiger charge is -2.19. The van der Waals surface area contributed by atoms with Gasteiger partial charge in [-0.3, -0.25) is 0 Å². The highest BCUT2D eigenvalue weighted by Gasteiger charge is 2.55. The van der Waals surface area contributed by atoms with Crippen molar-refractivity contribution in [1.29, 1.82) is 0 Å². The Hall–Kier alpha value is -0.250.